The molecule has 2 aromatic rings. The zero-order chi connectivity index (χ0) is 19.2. The van der Waals surface area contributed by atoms with Gasteiger partial charge in [-0.2, -0.15) is 0 Å². The molecular formula is C22H29NO3. The molecule has 0 aliphatic heterocycles. The fourth-order valence-corrected chi connectivity index (χ4v) is 2.83. The Labute approximate surface area is 156 Å². The number of hydrogen-bond acceptors (Lipinski definition) is 4. The van der Waals surface area contributed by atoms with Crippen LogP contribution in [-0.4, -0.2) is 19.7 Å². The van der Waals surface area contributed by atoms with E-state index in [0.717, 1.165) is 41.1 Å². The molecule has 4 heteroatoms. The number of carbonyl (C=O) groups excluding carboxylic acids is 1. The van der Waals surface area contributed by atoms with Crippen molar-refractivity contribution >= 4 is 17.3 Å². The number of benzene rings is 2. The largest absolute Gasteiger partial charge is 0.493 e. The molecule has 0 heterocycles. The van der Waals surface area contributed by atoms with Gasteiger partial charge in [-0.05, 0) is 75.9 Å². The van der Waals surface area contributed by atoms with Crippen LogP contribution in [0.15, 0.2) is 42.5 Å². The highest BCUT2D eigenvalue weighted by atomic mass is 16.5. The smallest absolute Gasteiger partial charge is 0.311 e. The molecule has 0 radical (unpaired) electrons. The predicted molar refractivity (Wildman–Crippen MR) is 106 cm³/mol. The van der Waals surface area contributed by atoms with Crippen LogP contribution in [0.5, 0.6) is 5.75 Å². The lowest BCUT2D eigenvalue weighted by atomic mass is 9.88. The summed E-state index contributed by atoms with van der Waals surface area (Å²) >= 11 is 0. The fraction of sp³-hybridized carbons (Fsp3) is 0.409. The van der Waals surface area contributed by atoms with Crippen LogP contribution in [-0.2, 0) is 9.53 Å². The van der Waals surface area contributed by atoms with E-state index in [2.05, 4.69) is 24.4 Å². The number of hydrogen-bond donors (Lipinski definition) is 1. The van der Waals surface area contributed by atoms with Crippen molar-refractivity contribution in [1.29, 1.82) is 0 Å². The summed E-state index contributed by atoms with van der Waals surface area (Å²) in [6.45, 7) is 8.49. The minimum Gasteiger partial charge on any atom is -0.493 e. The van der Waals surface area contributed by atoms with E-state index in [4.69, 9.17) is 9.47 Å². The van der Waals surface area contributed by atoms with Crippen molar-refractivity contribution in [2.24, 2.45) is 5.41 Å². The number of rotatable bonds is 8. The van der Waals surface area contributed by atoms with E-state index in [1.807, 2.05) is 51.1 Å². The SMILES string of the molecule is COC(=O)C(C)(C)CCCOc1cc(C)c(Nc2ccccc2)cc1C. The van der Waals surface area contributed by atoms with E-state index in [1.165, 1.54) is 7.11 Å². The van der Waals surface area contributed by atoms with Gasteiger partial charge in [-0.15, -0.1) is 0 Å². The third-order valence-corrected chi connectivity index (χ3v) is 4.52. The minimum atomic E-state index is -0.480. The number of anilines is 2. The molecule has 0 saturated heterocycles. The van der Waals surface area contributed by atoms with E-state index in [9.17, 15) is 4.79 Å². The molecule has 0 unspecified atom stereocenters. The van der Waals surface area contributed by atoms with Crippen molar-refractivity contribution < 1.29 is 14.3 Å². The summed E-state index contributed by atoms with van der Waals surface area (Å²) in [5, 5.41) is 3.44. The third-order valence-electron chi connectivity index (χ3n) is 4.52. The molecular weight excluding hydrogens is 326 g/mol. The Morgan fingerprint density at radius 3 is 2.42 bits per heavy atom. The number of nitrogens with one attached hydrogen (secondary N) is 1. The van der Waals surface area contributed by atoms with Crippen molar-refractivity contribution in [3.8, 4) is 5.75 Å². The van der Waals surface area contributed by atoms with E-state index in [0.29, 0.717) is 6.61 Å². The Morgan fingerprint density at radius 2 is 1.77 bits per heavy atom. The molecule has 26 heavy (non-hydrogen) atoms. The first-order valence-corrected chi connectivity index (χ1v) is 8.98. The molecule has 0 amide bonds. The highest BCUT2D eigenvalue weighted by Crippen LogP contribution is 2.29. The highest BCUT2D eigenvalue weighted by Gasteiger charge is 2.27. The van der Waals surface area contributed by atoms with Crippen molar-refractivity contribution in [3.63, 3.8) is 0 Å². The maximum atomic E-state index is 11.7. The summed E-state index contributed by atoms with van der Waals surface area (Å²) in [6.07, 6.45) is 1.52. The van der Waals surface area contributed by atoms with Crippen molar-refractivity contribution in [3.05, 3.63) is 53.6 Å². The molecule has 0 aromatic heterocycles. The molecule has 0 aliphatic rings. The second kappa shape index (κ2) is 8.75. The number of methoxy groups -OCH3 is 1. The van der Waals surface area contributed by atoms with E-state index >= 15 is 0 Å². The molecule has 0 saturated carbocycles. The number of aryl methyl sites for hydroxylation is 2. The first kappa shape index (κ1) is 19.8. The van der Waals surface area contributed by atoms with Crippen LogP contribution in [0, 0.1) is 19.3 Å². The van der Waals surface area contributed by atoms with Crippen molar-refractivity contribution in [2.75, 3.05) is 19.0 Å². The number of carbonyl (C=O) groups is 1. The van der Waals surface area contributed by atoms with Crippen molar-refractivity contribution in [2.45, 2.75) is 40.5 Å². The van der Waals surface area contributed by atoms with Gasteiger partial charge in [0.15, 0.2) is 0 Å². The van der Waals surface area contributed by atoms with Gasteiger partial charge in [-0.3, -0.25) is 4.79 Å². The van der Waals surface area contributed by atoms with Crippen LogP contribution in [0.1, 0.15) is 37.8 Å². The summed E-state index contributed by atoms with van der Waals surface area (Å²) in [4.78, 5) is 11.7. The lowest BCUT2D eigenvalue weighted by Crippen LogP contribution is -2.26. The Morgan fingerprint density at radius 1 is 1.08 bits per heavy atom. The molecule has 2 rings (SSSR count). The van der Waals surface area contributed by atoms with Gasteiger partial charge in [-0.1, -0.05) is 18.2 Å². The minimum absolute atomic E-state index is 0.180. The fourth-order valence-electron chi connectivity index (χ4n) is 2.83. The molecule has 140 valence electrons. The summed E-state index contributed by atoms with van der Waals surface area (Å²) in [5.41, 5.74) is 3.87. The van der Waals surface area contributed by atoms with Gasteiger partial charge in [0.1, 0.15) is 5.75 Å². The standard InChI is InChI=1S/C22H29NO3/c1-16-15-20(26-13-9-12-22(3,4)21(24)25-5)17(2)14-19(16)23-18-10-7-6-8-11-18/h6-8,10-11,14-15,23H,9,12-13H2,1-5H3. The molecule has 4 nitrogen and oxygen atoms in total. The molecule has 0 atom stereocenters. The van der Waals surface area contributed by atoms with Crippen LogP contribution in [0.2, 0.25) is 0 Å². The Bertz CT molecular complexity index is 739. The van der Waals surface area contributed by atoms with Gasteiger partial charge >= 0.3 is 5.97 Å². The zero-order valence-corrected chi connectivity index (χ0v) is 16.4. The summed E-state index contributed by atoms with van der Waals surface area (Å²) in [6, 6.07) is 14.3. The third kappa shape index (κ3) is 5.25. The van der Waals surface area contributed by atoms with Gasteiger partial charge in [0.2, 0.25) is 0 Å². The predicted octanol–water partition coefficient (Wildman–Crippen LogP) is 5.41. The van der Waals surface area contributed by atoms with Crippen LogP contribution >= 0.6 is 0 Å². The Balaban J connectivity index is 1.94. The van der Waals surface area contributed by atoms with E-state index < -0.39 is 5.41 Å². The van der Waals surface area contributed by atoms with E-state index in [1.54, 1.807) is 0 Å². The van der Waals surface area contributed by atoms with Crippen LogP contribution in [0.4, 0.5) is 11.4 Å². The van der Waals surface area contributed by atoms with Crippen LogP contribution in [0.3, 0.4) is 0 Å². The number of esters is 1. The lowest BCUT2D eigenvalue weighted by molar-refractivity contribution is -0.151. The molecule has 0 spiro atoms. The van der Waals surface area contributed by atoms with Crippen LogP contribution < -0.4 is 10.1 Å². The molecule has 2 aromatic carbocycles. The number of ether oxygens (including phenoxy) is 2. The maximum Gasteiger partial charge on any atom is 0.311 e. The first-order valence-electron chi connectivity index (χ1n) is 8.98. The number of para-hydroxylation sites is 1. The molecule has 0 bridgehead atoms. The summed E-state index contributed by atoms with van der Waals surface area (Å²) < 4.78 is 10.8. The Kier molecular flexibility index (Phi) is 6.67. The quantitative estimate of drug-likeness (QED) is 0.508. The molecule has 1 N–H and O–H groups in total. The zero-order valence-electron chi connectivity index (χ0n) is 16.4. The summed E-state index contributed by atoms with van der Waals surface area (Å²) in [7, 11) is 1.43. The summed E-state index contributed by atoms with van der Waals surface area (Å²) in [5.74, 6) is 0.706. The van der Waals surface area contributed by atoms with Gasteiger partial charge in [0.25, 0.3) is 0 Å². The Hall–Kier alpha value is -2.49. The monoisotopic (exact) mass is 355 g/mol. The van der Waals surface area contributed by atoms with Gasteiger partial charge in [0, 0.05) is 11.4 Å². The maximum absolute atomic E-state index is 11.7. The highest BCUT2D eigenvalue weighted by molar-refractivity contribution is 5.75. The average Bonchev–Trinajstić information content (AvgIpc) is 2.62. The molecule has 0 aliphatic carbocycles. The molecule has 0 fully saturated rings. The van der Waals surface area contributed by atoms with Crippen LogP contribution in [0.25, 0.3) is 0 Å². The van der Waals surface area contributed by atoms with E-state index in [-0.39, 0.29) is 5.97 Å². The van der Waals surface area contributed by atoms with Crippen molar-refractivity contribution in [1.82, 2.24) is 0 Å². The average molecular weight is 355 g/mol. The lowest BCUT2D eigenvalue weighted by Gasteiger charge is -2.21. The normalized spacial score (nSPS) is 11.1. The van der Waals surface area contributed by atoms with Gasteiger partial charge < -0.3 is 14.8 Å². The second-order valence-corrected chi connectivity index (χ2v) is 7.25. The van der Waals surface area contributed by atoms with Gasteiger partial charge in [-0.25, -0.2) is 0 Å². The second-order valence-electron chi connectivity index (χ2n) is 7.25. The first-order chi connectivity index (χ1) is 12.3. The topological polar surface area (TPSA) is 47.6 Å². The van der Waals surface area contributed by atoms with Gasteiger partial charge in [0.05, 0.1) is 19.1 Å².